The first-order valence-corrected chi connectivity index (χ1v) is 3.28. The molecule has 1 unspecified atom stereocenters. The van der Waals surface area contributed by atoms with Gasteiger partial charge in [-0.3, -0.25) is 0 Å². The van der Waals surface area contributed by atoms with Gasteiger partial charge in [-0.15, -0.1) is 11.6 Å². The second kappa shape index (κ2) is 3.69. The molecular formula is C6H8ClFO3. The lowest BCUT2D eigenvalue weighted by Crippen LogP contribution is -2.33. The van der Waals surface area contributed by atoms with Gasteiger partial charge < -0.3 is 9.84 Å². The number of hydrogen-bond acceptors (Lipinski definition) is 3. The third-order valence-corrected chi connectivity index (χ3v) is 1.28. The van der Waals surface area contributed by atoms with Crippen molar-refractivity contribution in [2.75, 3.05) is 5.88 Å². The Morgan fingerprint density at radius 2 is 2.36 bits per heavy atom. The normalized spacial score (nSPS) is 15.3. The predicted molar refractivity (Wildman–Crippen MR) is 37.7 cm³/mol. The highest BCUT2D eigenvalue weighted by atomic mass is 35.5. The van der Waals surface area contributed by atoms with Crippen LogP contribution in [-0.2, 0) is 9.53 Å². The maximum atomic E-state index is 11.9. The summed E-state index contributed by atoms with van der Waals surface area (Å²) in [4.78, 5) is 10.4. The molecule has 1 atom stereocenters. The van der Waals surface area contributed by atoms with Crippen LogP contribution < -0.4 is 0 Å². The smallest absolute Gasteiger partial charge is 0.369 e. The molecule has 0 spiro atoms. The number of carbonyl (C=O) groups excluding carboxylic acids is 1. The van der Waals surface area contributed by atoms with E-state index in [-0.39, 0.29) is 5.88 Å². The second-order valence-corrected chi connectivity index (χ2v) is 2.37. The highest BCUT2D eigenvalue weighted by Gasteiger charge is 2.25. The van der Waals surface area contributed by atoms with Gasteiger partial charge in [0.25, 0.3) is 0 Å². The van der Waals surface area contributed by atoms with Crippen molar-refractivity contribution in [3.05, 3.63) is 12.4 Å². The van der Waals surface area contributed by atoms with Crippen molar-refractivity contribution in [3.63, 3.8) is 0 Å². The molecule has 0 aromatic heterocycles. The molecule has 0 aliphatic carbocycles. The number of rotatable bonds is 3. The minimum Gasteiger partial charge on any atom is -0.427 e. The number of aliphatic hydroxyl groups is 1. The Morgan fingerprint density at radius 1 is 1.91 bits per heavy atom. The monoisotopic (exact) mass is 182 g/mol. The Bertz CT molecular complexity index is 179. The van der Waals surface area contributed by atoms with Crippen LogP contribution in [0, 0.1) is 0 Å². The molecule has 0 aliphatic heterocycles. The van der Waals surface area contributed by atoms with Crippen LogP contribution in [-0.4, -0.2) is 22.7 Å². The summed E-state index contributed by atoms with van der Waals surface area (Å²) in [5.74, 6) is -4.74. The Balaban J connectivity index is 4.04. The van der Waals surface area contributed by atoms with E-state index in [0.717, 1.165) is 6.92 Å². The van der Waals surface area contributed by atoms with Crippen LogP contribution in [0.5, 0.6) is 0 Å². The summed E-state index contributed by atoms with van der Waals surface area (Å²) in [6.07, 6.45) is 0. The molecule has 0 saturated heterocycles. The lowest BCUT2D eigenvalue weighted by molar-refractivity contribution is -0.190. The summed E-state index contributed by atoms with van der Waals surface area (Å²) in [6, 6.07) is 0. The summed E-state index contributed by atoms with van der Waals surface area (Å²) in [7, 11) is 0. The average molecular weight is 183 g/mol. The van der Waals surface area contributed by atoms with E-state index in [0.29, 0.717) is 0 Å². The van der Waals surface area contributed by atoms with Crippen LogP contribution in [0.15, 0.2) is 12.4 Å². The molecule has 0 heterocycles. The standard InChI is InChI=1S/C6H8ClFO3/c1-4(8)5(9)11-6(2,10)3-7/h10H,1,3H2,2H3. The van der Waals surface area contributed by atoms with Gasteiger partial charge in [0, 0.05) is 6.92 Å². The Kier molecular flexibility index (Phi) is 3.48. The van der Waals surface area contributed by atoms with Gasteiger partial charge in [-0.25, -0.2) is 4.79 Å². The molecule has 64 valence electrons. The lowest BCUT2D eigenvalue weighted by Gasteiger charge is -2.19. The average Bonchev–Trinajstić information content (AvgIpc) is 1.87. The summed E-state index contributed by atoms with van der Waals surface area (Å²) < 4.78 is 16.1. The summed E-state index contributed by atoms with van der Waals surface area (Å²) in [5.41, 5.74) is 0. The van der Waals surface area contributed by atoms with E-state index in [1.54, 1.807) is 0 Å². The Labute approximate surface area is 68.4 Å². The molecule has 0 amide bonds. The molecule has 0 aromatic rings. The van der Waals surface area contributed by atoms with Crippen LogP contribution in [0.2, 0.25) is 0 Å². The van der Waals surface area contributed by atoms with Crippen LogP contribution in [0.4, 0.5) is 4.39 Å². The fraction of sp³-hybridized carbons (Fsp3) is 0.500. The third-order valence-electron chi connectivity index (χ3n) is 0.782. The van der Waals surface area contributed by atoms with Crippen molar-refractivity contribution < 1.29 is 19.0 Å². The zero-order valence-electron chi connectivity index (χ0n) is 5.93. The van der Waals surface area contributed by atoms with E-state index < -0.39 is 17.6 Å². The fourth-order valence-electron chi connectivity index (χ4n) is 0.282. The van der Waals surface area contributed by atoms with Gasteiger partial charge in [-0.1, -0.05) is 6.58 Å². The molecule has 5 heteroatoms. The van der Waals surface area contributed by atoms with E-state index in [1.165, 1.54) is 0 Å². The quantitative estimate of drug-likeness (QED) is 0.306. The van der Waals surface area contributed by atoms with Crippen molar-refractivity contribution >= 4 is 17.6 Å². The maximum absolute atomic E-state index is 11.9. The van der Waals surface area contributed by atoms with Gasteiger partial charge >= 0.3 is 5.97 Å². The minimum absolute atomic E-state index is 0.327. The van der Waals surface area contributed by atoms with Crippen molar-refractivity contribution in [1.82, 2.24) is 0 Å². The third kappa shape index (κ3) is 3.95. The molecule has 0 radical (unpaired) electrons. The minimum atomic E-state index is -1.84. The highest BCUT2D eigenvalue weighted by molar-refractivity contribution is 6.18. The molecule has 11 heavy (non-hydrogen) atoms. The SMILES string of the molecule is C=C(F)C(=O)OC(C)(O)CCl. The predicted octanol–water partition coefficient (Wildman–Crippen LogP) is 0.960. The molecule has 0 fully saturated rings. The van der Waals surface area contributed by atoms with Crippen LogP contribution in [0.1, 0.15) is 6.92 Å². The number of alkyl halides is 1. The van der Waals surface area contributed by atoms with E-state index >= 15 is 0 Å². The largest absolute Gasteiger partial charge is 0.427 e. The Hall–Kier alpha value is -0.610. The fourth-order valence-corrected chi connectivity index (χ4v) is 0.337. The van der Waals surface area contributed by atoms with E-state index in [1.807, 2.05) is 0 Å². The number of ether oxygens (including phenoxy) is 1. The number of esters is 1. The topological polar surface area (TPSA) is 46.5 Å². The van der Waals surface area contributed by atoms with Crippen molar-refractivity contribution in [1.29, 1.82) is 0 Å². The first-order chi connectivity index (χ1) is 4.89. The van der Waals surface area contributed by atoms with Gasteiger partial charge in [-0.2, -0.15) is 4.39 Å². The first kappa shape index (κ1) is 10.4. The lowest BCUT2D eigenvalue weighted by atomic mass is 10.4. The molecule has 0 aromatic carbocycles. The van der Waals surface area contributed by atoms with E-state index in [2.05, 4.69) is 11.3 Å². The summed E-state index contributed by atoms with van der Waals surface area (Å²) in [6.45, 7) is 3.82. The van der Waals surface area contributed by atoms with Crippen LogP contribution >= 0.6 is 11.6 Å². The molecule has 0 aliphatic rings. The highest BCUT2D eigenvalue weighted by Crippen LogP contribution is 2.10. The van der Waals surface area contributed by atoms with E-state index in [9.17, 15) is 9.18 Å². The number of carbonyl (C=O) groups is 1. The molecular weight excluding hydrogens is 175 g/mol. The van der Waals surface area contributed by atoms with Gasteiger partial charge in [0.05, 0.1) is 5.88 Å². The molecule has 3 nitrogen and oxygen atoms in total. The maximum Gasteiger partial charge on any atom is 0.369 e. The molecule has 0 saturated carbocycles. The van der Waals surface area contributed by atoms with Gasteiger partial charge in [0.2, 0.25) is 11.6 Å². The van der Waals surface area contributed by atoms with Crippen LogP contribution in [0.3, 0.4) is 0 Å². The van der Waals surface area contributed by atoms with E-state index in [4.69, 9.17) is 16.7 Å². The van der Waals surface area contributed by atoms with Crippen LogP contribution in [0.25, 0.3) is 0 Å². The van der Waals surface area contributed by atoms with Crippen molar-refractivity contribution in [2.24, 2.45) is 0 Å². The van der Waals surface area contributed by atoms with Gasteiger partial charge in [0.1, 0.15) is 0 Å². The summed E-state index contributed by atoms with van der Waals surface area (Å²) >= 11 is 5.16. The number of halogens is 2. The first-order valence-electron chi connectivity index (χ1n) is 2.75. The Morgan fingerprint density at radius 3 is 2.64 bits per heavy atom. The number of hydrogen-bond donors (Lipinski definition) is 1. The zero-order chi connectivity index (χ0) is 9.07. The van der Waals surface area contributed by atoms with Gasteiger partial charge in [0.15, 0.2) is 0 Å². The second-order valence-electron chi connectivity index (χ2n) is 2.10. The van der Waals surface area contributed by atoms with Gasteiger partial charge in [-0.05, 0) is 0 Å². The molecule has 0 bridgehead atoms. The zero-order valence-corrected chi connectivity index (χ0v) is 6.69. The summed E-state index contributed by atoms with van der Waals surface area (Å²) in [5, 5.41) is 8.96. The molecule has 0 rings (SSSR count). The van der Waals surface area contributed by atoms with Crippen molar-refractivity contribution in [2.45, 2.75) is 12.7 Å². The van der Waals surface area contributed by atoms with Crippen molar-refractivity contribution in [3.8, 4) is 0 Å². The molecule has 1 N–H and O–H groups in total.